The lowest BCUT2D eigenvalue weighted by atomic mass is 10.2. The van der Waals surface area contributed by atoms with Gasteiger partial charge in [0.15, 0.2) is 18.5 Å². The number of aromatic hydroxyl groups is 1. The molecule has 0 spiro atoms. The third-order valence-corrected chi connectivity index (χ3v) is 3.47. The number of aryl methyl sites for hydroxylation is 1. The van der Waals surface area contributed by atoms with Gasteiger partial charge in [0.1, 0.15) is 6.42 Å². The number of ether oxygens (including phenoxy) is 1. The van der Waals surface area contributed by atoms with Gasteiger partial charge in [-0.1, -0.05) is 32.6 Å². The maximum Gasteiger partial charge on any atom is 0.309 e. The maximum atomic E-state index is 10.6. The van der Waals surface area contributed by atoms with Crippen LogP contribution in [0.4, 0.5) is 0 Å². The molecule has 0 atom stereocenters. The standard InChI is InChI=1S/C16H25NO4/c1-3-4-5-6-7-12-21-16-13(2)17(10-8-14(16)18)11-9-15(19)20/h8,10H,3-7,9,11-12H2,1-2H3,(H,19,20)/p+1. The Balaban J connectivity index is 2.55. The molecule has 2 N–H and O–H groups in total. The number of aromatic nitrogens is 1. The fraction of sp³-hybridized carbons (Fsp3) is 0.625. The molecule has 5 nitrogen and oxygen atoms in total. The van der Waals surface area contributed by atoms with Crippen LogP contribution in [0, 0.1) is 6.92 Å². The van der Waals surface area contributed by atoms with E-state index in [2.05, 4.69) is 6.92 Å². The monoisotopic (exact) mass is 296 g/mol. The van der Waals surface area contributed by atoms with Crippen LogP contribution in [-0.2, 0) is 11.3 Å². The van der Waals surface area contributed by atoms with Crippen molar-refractivity contribution in [3.8, 4) is 11.5 Å². The van der Waals surface area contributed by atoms with Crippen molar-refractivity contribution in [1.29, 1.82) is 0 Å². The molecule has 1 heterocycles. The Kier molecular flexibility index (Phi) is 7.58. The molecule has 1 aromatic heterocycles. The molecule has 0 aliphatic heterocycles. The van der Waals surface area contributed by atoms with E-state index in [0.29, 0.717) is 18.9 Å². The van der Waals surface area contributed by atoms with Crippen molar-refractivity contribution < 1.29 is 24.3 Å². The van der Waals surface area contributed by atoms with E-state index in [1.807, 2.05) is 6.92 Å². The molecule has 0 aliphatic rings. The summed E-state index contributed by atoms with van der Waals surface area (Å²) in [6.07, 6.45) is 7.48. The molecule has 0 radical (unpaired) electrons. The van der Waals surface area contributed by atoms with E-state index in [1.165, 1.54) is 19.3 Å². The van der Waals surface area contributed by atoms with E-state index in [0.717, 1.165) is 18.5 Å². The van der Waals surface area contributed by atoms with Gasteiger partial charge in [0.05, 0.1) is 6.61 Å². The van der Waals surface area contributed by atoms with Gasteiger partial charge < -0.3 is 14.9 Å². The summed E-state index contributed by atoms with van der Waals surface area (Å²) >= 11 is 0. The Bertz CT molecular complexity index is 460. The van der Waals surface area contributed by atoms with Crippen molar-refractivity contribution in [2.24, 2.45) is 0 Å². The van der Waals surface area contributed by atoms with Crippen molar-refractivity contribution in [3.05, 3.63) is 18.0 Å². The second-order valence-electron chi connectivity index (χ2n) is 5.22. The Morgan fingerprint density at radius 2 is 2.00 bits per heavy atom. The van der Waals surface area contributed by atoms with Crippen molar-refractivity contribution in [3.63, 3.8) is 0 Å². The highest BCUT2D eigenvalue weighted by molar-refractivity contribution is 5.66. The van der Waals surface area contributed by atoms with Crippen molar-refractivity contribution >= 4 is 5.97 Å². The molecule has 0 unspecified atom stereocenters. The zero-order chi connectivity index (χ0) is 15.7. The van der Waals surface area contributed by atoms with Crippen LogP contribution in [0.5, 0.6) is 11.5 Å². The summed E-state index contributed by atoms with van der Waals surface area (Å²) in [7, 11) is 0. The summed E-state index contributed by atoms with van der Waals surface area (Å²) in [6.45, 7) is 4.95. The van der Waals surface area contributed by atoms with Crippen molar-refractivity contribution in [1.82, 2.24) is 0 Å². The first kappa shape index (κ1) is 17.3. The highest BCUT2D eigenvalue weighted by atomic mass is 16.5. The average Bonchev–Trinajstić information content (AvgIpc) is 2.44. The van der Waals surface area contributed by atoms with Crippen LogP contribution in [0.2, 0.25) is 0 Å². The SMILES string of the molecule is CCCCCCCOc1c(O)cc[n+](CCC(=O)O)c1C. The van der Waals surface area contributed by atoms with Crippen molar-refractivity contribution in [2.45, 2.75) is 58.9 Å². The molecule has 0 bridgehead atoms. The van der Waals surface area contributed by atoms with Gasteiger partial charge in [0.25, 0.3) is 0 Å². The number of carboxylic acid groups (broad SMARTS) is 1. The largest absolute Gasteiger partial charge is 0.504 e. The second-order valence-corrected chi connectivity index (χ2v) is 5.22. The highest BCUT2D eigenvalue weighted by Gasteiger charge is 2.18. The minimum atomic E-state index is -0.839. The molecule has 5 heteroatoms. The maximum absolute atomic E-state index is 10.6. The molecular formula is C16H26NO4+. The van der Waals surface area contributed by atoms with E-state index < -0.39 is 5.97 Å². The van der Waals surface area contributed by atoms with Gasteiger partial charge in [-0.3, -0.25) is 4.79 Å². The Labute approximate surface area is 126 Å². The zero-order valence-corrected chi connectivity index (χ0v) is 13.0. The van der Waals surface area contributed by atoms with E-state index in [-0.39, 0.29) is 12.2 Å². The summed E-state index contributed by atoms with van der Waals surface area (Å²) in [5.74, 6) is -0.278. The molecule has 0 aliphatic carbocycles. The lowest BCUT2D eigenvalue weighted by Crippen LogP contribution is -2.38. The zero-order valence-electron chi connectivity index (χ0n) is 13.0. The van der Waals surface area contributed by atoms with Crippen LogP contribution in [0.25, 0.3) is 0 Å². The van der Waals surface area contributed by atoms with Crippen molar-refractivity contribution in [2.75, 3.05) is 6.61 Å². The third-order valence-electron chi connectivity index (χ3n) is 3.47. The van der Waals surface area contributed by atoms with E-state index in [1.54, 1.807) is 16.8 Å². The number of hydrogen-bond acceptors (Lipinski definition) is 3. The highest BCUT2D eigenvalue weighted by Crippen LogP contribution is 2.27. The second kappa shape index (κ2) is 9.21. The van der Waals surface area contributed by atoms with Gasteiger partial charge in [-0.05, 0) is 6.42 Å². The normalized spacial score (nSPS) is 10.6. The Morgan fingerprint density at radius 3 is 2.67 bits per heavy atom. The van der Waals surface area contributed by atoms with E-state index in [4.69, 9.17) is 9.84 Å². The predicted octanol–water partition coefficient (Wildman–Crippen LogP) is 2.81. The van der Waals surface area contributed by atoms with Crippen LogP contribution in [0.15, 0.2) is 12.3 Å². The minimum absolute atomic E-state index is 0.0484. The topological polar surface area (TPSA) is 70.6 Å². The summed E-state index contributed by atoms with van der Waals surface area (Å²) in [4.78, 5) is 10.6. The number of carboxylic acids is 1. The van der Waals surface area contributed by atoms with Gasteiger partial charge in [0.2, 0.25) is 11.4 Å². The summed E-state index contributed by atoms with van der Waals surface area (Å²) in [5.41, 5.74) is 0.754. The lowest BCUT2D eigenvalue weighted by Gasteiger charge is -2.10. The minimum Gasteiger partial charge on any atom is -0.504 e. The van der Waals surface area contributed by atoms with Crippen LogP contribution < -0.4 is 9.30 Å². The van der Waals surface area contributed by atoms with Crippen LogP contribution in [-0.4, -0.2) is 22.8 Å². The molecule has 0 amide bonds. The molecule has 0 aromatic carbocycles. The number of aliphatic carboxylic acids is 1. The summed E-state index contributed by atoms with van der Waals surface area (Å²) in [6, 6.07) is 1.54. The number of nitrogens with zero attached hydrogens (tertiary/aromatic N) is 1. The lowest BCUT2D eigenvalue weighted by molar-refractivity contribution is -0.702. The number of pyridine rings is 1. The molecule has 0 saturated carbocycles. The first-order valence-electron chi connectivity index (χ1n) is 7.62. The smallest absolute Gasteiger partial charge is 0.309 e. The first-order chi connectivity index (χ1) is 10.1. The Morgan fingerprint density at radius 1 is 1.29 bits per heavy atom. The van der Waals surface area contributed by atoms with Gasteiger partial charge in [-0.25, -0.2) is 0 Å². The molecule has 118 valence electrons. The molecule has 0 saturated heterocycles. The van der Waals surface area contributed by atoms with E-state index in [9.17, 15) is 9.90 Å². The predicted molar refractivity (Wildman–Crippen MR) is 79.5 cm³/mol. The molecule has 0 fully saturated rings. The number of hydrogen-bond donors (Lipinski definition) is 2. The summed E-state index contributed by atoms with van der Waals surface area (Å²) < 4.78 is 7.47. The van der Waals surface area contributed by atoms with Crippen LogP contribution in [0.1, 0.15) is 51.1 Å². The Hall–Kier alpha value is -1.78. The molecular weight excluding hydrogens is 270 g/mol. The summed E-state index contributed by atoms with van der Waals surface area (Å²) in [5, 5.41) is 18.6. The van der Waals surface area contributed by atoms with Gasteiger partial charge >= 0.3 is 5.97 Å². The molecule has 21 heavy (non-hydrogen) atoms. The first-order valence-corrected chi connectivity index (χ1v) is 7.62. The number of rotatable bonds is 10. The number of unbranched alkanes of at least 4 members (excludes halogenated alkanes) is 4. The van der Waals surface area contributed by atoms with Gasteiger partial charge in [-0.2, -0.15) is 4.57 Å². The quantitative estimate of drug-likeness (QED) is 0.514. The third kappa shape index (κ3) is 6.02. The van der Waals surface area contributed by atoms with Crippen LogP contribution >= 0.6 is 0 Å². The molecule has 1 rings (SSSR count). The van der Waals surface area contributed by atoms with Crippen LogP contribution in [0.3, 0.4) is 0 Å². The fourth-order valence-electron chi connectivity index (χ4n) is 2.18. The van der Waals surface area contributed by atoms with Gasteiger partial charge in [-0.15, -0.1) is 0 Å². The van der Waals surface area contributed by atoms with Gasteiger partial charge in [0, 0.05) is 13.0 Å². The fourth-order valence-corrected chi connectivity index (χ4v) is 2.18. The van der Waals surface area contributed by atoms with E-state index >= 15 is 0 Å². The average molecular weight is 296 g/mol. The molecule has 1 aromatic rings. The number of carbonyl (C=O) groups is 1.